The van der Waals surface area contributed by atoms with Gasteiger partial charge in [0.05, 0.1) is 11.3 Å². The van der Waals surface area contributed by atoms with Crippen LogP contribution in [0.2, 0.25) is 0 Å². The summed E-state index contributed by atoms with van der Waals surface area (Å²) in [5, 5.41) is 16.5. The monoisotopic (exact) mass is 330 g/mol. The number of hydrogen-bond acceptors (Lipinski definition) is 5. The molecule has 0 saturated carbocycles. The number of aryl methyl sites for hydroxylation is 2. The SMILES string of the molecule is Cc1n[nH]c(C)c1C(=O)NCC1CCCCN1c1ccc(=O)[nH]n1. The number of carbonyl (C=O) groups excluding carboxylic acids is 1. The average Bonchev–Trinajstić information content (AvgIpc) is 2.92. The molecule has 2 aromatic rings. The topological polar surface area (TPSA) is 107 Å². The van der Waals surface area contributed by atoms with Crippen LogP contribution in [-0.4, -0.2) is 45.4 Å². The second-order valence-electron chi connectivity index (χ2n) is 6.14. The fourth-order valence-corrected chi connectivity index (χ4v) is 3.20. The van der Waals surface area contributed by atoms with Gasteiger partial charge >= 0.3 is 0 Å². The lowest BCUT2D eigenvalue weighted by Crippen LogP contribution is -2.47. The zero-order chi connectivity index (χ0) is 17.1. The highest BCUT2D eigenvalue weighted by molar-refractivity contribution is 5.96. The van der Waals surface area contributed by atoms with Gasteiger partial charge in [0.1, 0.15) is 5.82 Å². The molecule has 8 nitrogen and oxygen atoms in total. The summed E-state index contributed by atoms with van der Waals surface area (Å²) in [7, 11) is 0. The third kappa shape index (κ3) is 3.32. The van der Waals surface area contributed by atoms with Crippen LogP contribution < -0.4 is 15.8 Å². The summed E-state index contributed by atoms with van der Waals surface area (Å²) in [5.41, 5.74) is 1.87. The molecule has 0 spiro atoms. The van der Waals surface area contributed by atoms with Gasteiger partial charge in [-0.3, -0.25) is 14.7 Å². The van der Waals surface area contributed by atoms with Crippen LogP contribution in [0.15, 0.2) is 16.9 Å². The molecule has 1 amide bonds. The number of aromatic nitrogens is 4. The van der Waals surface area contributed by atoms with Crippen LogP contribution in [0, 0.1) is 13.8 Å². The van der Waals surface area contributed by atoms with Gasteiger partial charge < -0.3 is 10.2 Å². The fourth-order valence-electron chi connectivity index (χ4n) is 3.20. The number of carbonyl (C=O) groups is 1. The molecule has 1 saturated heterocycles. The highest BCUT2D eigenvalue weighted by atomic mass is 16.1. The van der Waals surface area contributed by atoms with E-state index in [9.17, 15) is 9.59 Å². The minimum Gasteiger partial charge on any atom is -0.350 e. The molecule has 2 aromatic heterocycles. The summed E-state index contributed by atoms with van der Waals surface area (Å²) >= 11 is 0. The molecule has 3 N–H and O–H groups in total. The van der Waals surface area contributed by atoms with E-state index < -0.39 is 0 Å². The first kappa shape index (κ1) is 16.2. The van der Waals surface area contributed by atoms with Crippen LogP contribution in [0.4, 0.5) is 5.82 Å². The molecule has 0 radical (unpaired) electrons. The lowest BCUT2D eigenvalue weighted by molar-refractivity contribution is 0.0948. The van der Waals surface area contributed by atoms with Crippen molar-refractivity contribution in [2.75, 3.05) is 18.0 Å². The fraction of sp³-hybridized carbons (Fsp3) is 0.500. The van der Waals surface area contributed by atoms with Crippen molar-refractivity contribution in [3.8, 4) is 0 Å². The van der Waals surface area contributed by atoms with Crippen LogP contribution in [0.3, 0.4) is 0 Å². The first-order chi connectivity index (χ1) is 11.6. The van der Waals surface area contributed by atoms with Crippen LogP contribution in [0.25, 0.3) is 0 Å². The largest absolute Gasteiger partial charge is 0.350 e. The van der Waals surface area contributed by atoms with Gasteiger partial charge in [0.15, 0.2) is 0 Å². The van der Waals surface area contributed by atoms with Gasteiger partial charge in [0.2, 0.25) is 0 Å². The number of hydrogen-bond donors (Lipinski definition) is 3. The first-order valence-electron chi connectivity index (χ1n) is 8.18. The van der Waals surface area contributed by atoms with Crippen molar-refractivity contribution in [3.05, 3.63) is 39.4 Å². The minimum atomic E-state index is -0.216. The van der Waals surface area contributed by atoms with E-state index in [2.05, 4.69) is 30.6 Å². The molecule has 1 aliphatic heterocycles. The standard InChI is InChI=1S/C16H22N6O2/c1-10-15(11(2)19-18-10)16(24)17-9-12-5-3-4-8-22(12)13-6-7-14(23)21-20-13/h6-7,12H,3-5,8-9H2,1-2H3,(H,17,24)(H,18,19)(H,21,23). The normalized spacial score (nSPS) is 17.8. The average molecular weight is 330 g/mol. The molecule has 1 unspecified atom stereocenters. The molecule has 1 fully saturated rings. The maximum absolute atomic E-state index is 12.4. The number of nitrogens with zero attached hydrogens (tertiary/aromatic N) is 3. The van der Waals surface area contributed by atoms with Crippen LogP contribution in [0.5, 0.6) is 0 Å². The predicted molar refractivity (Wildman–Crippen MR) is 90.2 cm³/mol. The van der Waals surface area contributed by atoms with E-state index >= 15 is 0 Å². The highest BCUT2D eigenvalue weighted by Crippen LogP contribution is 2.22. The lowest BCUT2D eigenvalue weighted by atomic mass is 10.0. The van der Waals surface area contributed by atoms with Crippen molar-refractivity contribution < 1.29 is 4.79 Å². The second kappa shape index (κ2) is 6.86. The van der Waals surface area contributed by atoms with E-state index in [-0.39, 0.29) is 17.5 Å². The Kier molecular flexibility index (Phi) is 4.64. The number of rotatable bonds is 4. The van der Waals surface area contributed by atoms with Gasteiger partial charge in [-0.2, -0.15) is 10.2 Å². The molecule has 8 heteroatoms. The number of H-pyrrole nitrogens is 2. The predicted octanol–water partition coefficient (Wildman–Crippen LogP) is 0.899. The van der Waals surface area contributed by atoms with Crippen molar-refractivity contribution in [2.45, 2.75) is 39.2 Å². The Morgan fingerprint density at radius 3 is 2.79 bits per heavy atom. The molecule has 128 valence electrons. The van der Waals surface area contributed by atoms with Crippen molar-refractivity contribution in [1.29, 1.82) is 0 Å². The third-order valence-electron chi connectivity index (χ3n) is 4.44. The third-order valence-corrected chi connectivity index (χ3v) is 4.44. The summed E-state index contributed by atoms with van der Waals surface area (Å²) in [6, 6.07) is 3.36. The molecule has 3 rings (SSSR count). The van der Waals surface area contributed by atoms with E-state index in [1.165, 1.54) is 6.07 Å². The zero-order valence-corrected chi connectivity index (χ0v) is 13.9. The Morgan fingerprint density at radius 2 is 2.12 bits per heavy atom. The Morgan fingerprint density at radius 1 is 1.29 bits per heavy atom. The summed E-state index contributed by atoms with van der Waals surface area (Å²) in [6.07, 6.45) is 3.17. The van der Waals surface area contributed by atoms with E-state index in [4.69, 9.17) is 0 Å². The number of anilines is 1. The van der Waals surface area contributed by atoms with Gasteiger partial charge in [0, 0.05) is 30.9 Å². The van der Waals surface area contributed by atoms with Crippen LogP contribution in [-0.2, 0) is 0 Å². The van der Waals surface area contributed by atoms with Crippen molar-refractivity contribution in [1.82, 2.24) is 25.7 Å². The summed E-state index contributed by atoms with van der Waals surface area (Å²) in [6.45, 7) is 5.05. The molecule has 3 heterocycles. The van der Waals surface area contributed by atoms with Gasteiger partial charge in [-0.1, -0.05) is 0 Å². The molecule has 24 heavy (non-hydrogen) atoms. The minimum absolute atomic E-state index is 0.112. The Bertz CT molecular complexity index is 741. The maximum atomic E-state index is 12.4. The van der Waals surface area contributed by atoms with Gasteiger partial charge in [-0.15, -0.1) is 0 Å². The number of nitrogens with one attached hydrogen (secondary N) is 3. The Hall–Kier alpha value is -2.64. The Labute approximate surface area is 139 Å². The van der Waals surface area contributed by atoms with E-state index in [0.717, 1.165) is 37.3 Å². The molecule has 0 bridgehead atoms. The number of amides is 1. The summed E-state index contributed by atoms with van der Waals surface area (Å²) < 4.78 is 0. The van der Waals surface area contributed by atoms with Crippen molar-refractivity contribution >= 4 is 11.7 Å². The smallest absolute Gasteiger partial charge is 0.264 e. The number of aromatic amines is 2. The molecular weight excluding hydrogens is 308 g/mol. The summed E-state index contributed by atoms with van der Waals surface area (Å²) in [5.74, 6) is 0.628. The van der Waals surface area contributed by atoms with E-state index in [0.29, 0.717) is 17.8 Å². The van der Waals surface area contributed by atoms with E-state index in [1.807, 2.05) is 13.8 Å². The van der Waals surface area contributed by atoms with Crippen LogP contribution in [0.1, 0.15) is 41.0 Å². The highest BCUT2D eigenvalue weighted by Gasteiger charge is 2.25. The first-order valence-corrected chi connectivity index (χ1v) is 8.18. The molecule has 0 aromatic carbocycles. The lowest BCUT2D eigenvalue weighted by Gasteiger charge is -2.36. The molecule has 1 atom stereocenters. The Balaban J connectivity index is 1.69. The van der Waals surface area contributed by atoms with Crippen molar-refractivity contribution in [2.24, 2.45) is 0 Å². The van der Waals surface area contributed by atoms with Gasteiger partial charge in [0.25, 0.3) is 11.5 Å². The van der Waals surface area contributed by atoms with Gasteiger partial charge in [-0.25, -0.2) is 5.10 Å². The zero-order valence-electron chi connectivity index (χ0n) is 13.9. The van der Waals surface area contributed by atoms with E-state index in [1.54, 1.807) is 6.07 Å². The second-order valence-corrected chi connectivity index (χ2v) is 6.14. The van der Waals surface area contributed by atoms with Crippen molar-refractivity contribution in [3.63, 3.8) is 0 Å². The number of piperidine rings is 1. The quantitative estimate of drug-likeness (QED) is 0.772. The summed E-state index contributed by atoms with van der Waals surface area (Å²) in [4.78, 5) is 25.8. The molecular formula is C16H22N6O2. The van der Waals surface area contributed by atoms with Crippen LogP contribution >= 0.6 is 0 Å². The maximum Gasteiger partial charge on any atom is 0.264 e. The van der Waals surface area contributed by atoms with Gasteiger partial charge in [-0.05, 0) is 39.2 Å². The molecule has 0 aliphatic carbocycles. The molecule has 1 aliphatic rings.